The molecule has 2 rings (SSSR count). The number of methoxy groups -OCH3 is 1. The minimum absolute atomic E-state index is 0.0162. The molecule has 5 nitrogen and oxygen atoms in total. The highest BCUT2D eigenvalue weighted by molar-refractivity contribution is 7.92. The lowest BCUT2D eigenvalue weighted by Gasteiger charge is -2.12. The third-order valence-corrected chi connectivity index (χ3v) is 4.99. The summed E-state index contributed by atoms with van der Waals surface area (Å²) < 4.78 is 32.4. The summed E-state index contributed by atoms with van der Waals surface area (Å²) >= 11 is 11.9. The van der Waals surface area contributed by atoms with Gasteiger partial charge >= 0.3 is 0 Å². The SMILES string of the molecule is COCc1cccc(NS(=O)(=O)c2c(C)cc(Cl)cc2Cl)n1. The number of pyridine rings is 1. The number of ether oxygens (including phenoxy) is 1. The zero-order valence-electron chi connectivity index (χ0n) is 11.9. The standard InChI is InChI=1S/C14H14Cl2N2O3S/c1-9-6-10(15)7-12(16)14(9)22(19,20)18-13-5-3-4-11(17-13)8-21-2/h3-7H,8H2,1-2H3,(H,17,18). The minimum Gasteiger partial charge on any atom is -0.378 e. The Bertz CT molecular complexity index is 771. The molecule has 0 spiro atoms. The van der Waals surface area contributed by atoms with Crippen molar-refractivity contribution in [3.8, 4) is 0 Å². The third-order valence-electron chi connectivity index (χ3n) is 2.80. The Morgan fingerprint density at radius 3 is 2.64 bits per heavy atom. The average Bonchev–Trinajstić information content (AvgIpc) is 2.36. The first-order valence-corrected chi connectivity index (χ1v) is 8.51. The highest BCUT2D eigenvalue weighted by Crippen LogP contribution is 2.30. The van der Waals surface area contributed by atoms with Gasteiger partial charge in [-0.2, -0.15) is 0 Å². The molecule has 0 bridgehead atoms. The van der Waals surface area contributed by atoms with E-state index in [0.29, 0.717) is 16.3 Å². The number of aromatic nitrogens is 1. The van der Waals surface area contributed by atoms with Crippen LogP contribution >= 0.6 is 23.2 Å². The quantitative estimate of drug-likeness (QED) is 0.883. The van der Waals surface area contributed by atoms with Crippen molar-refractivity contribution in [3.05, 3.63) is 51.6 Å². The van der Waals surface area contributed by atoms with Crippen LogP contribution in [0, 0.1) is 6.92 Å². The maximum atomic E-state index is 12.5. The van der Waals surface area contributed by atoms with Crippen LogP contribution in [-0.4, -0.2) is 20.5 Å². The number of hydrogen-bond donors (Lipinski definition) is 1. The molecule has 1 N–H and O–H groups in total. The van der Waals surface area contributed by atoms with E-state index in [2.05, 4.69) is 9.71 Å². The maximum absolute atomic E-state index is 12.5. The van der Waals surface area contributed by atoms with Crippen molar-refractivity contribution in [2.75, 3.05) is 11.8 Å². The fourth-order valence-corrected chi connectivity index (χ4v) is 4.17. The lowest BCUT2D eigenvalue weighted by molar-refractivity contribution is 0.181. The van der Waals surface area contributed by atoms with Gasteiger partial charge in [0, 0.05) is 12.1 Å². The van der Waals surface area contributed by atoms with Gasteiger partial charge in [-0.15, -0.1) is 0 Å². The molecule has 0 saturated heterocycles. The molecule has 0 amide bonds. The van der Waals surface area contributed by atoms with Crippen molar-refractivity contribution in [3.63, 3.8) is 0 Å². The van der Waals surface area contributed by atoms with E-state index in [0.717, 1.165) is 0 Å². The average molecular weight is 361 g/mol. The van der Waals surface area contributed by atoms with E-state index in [9.17, 15) is 8.42 Å². The molecular formula is C14H14Cl2N2O3S. The first-order valence-electron chi connectivity index (χ1n) is 6.27. The molecule has 0 fully saturated rings. The van der Waals surface area contributed by atoms with E-state index >= 15 is 0 Å². The molecule has 0 aliphatic carbocycles. The molecule has 1 heterocycles. The van der Waals surface area contributed by atoms with Gasteiger partial charge in [-0.05, 0) is 36.8 Å². The summed E-state index contributed by atoms with van der Waals surface area (Å²) in [6, 6.07) is 7.91. The first-order chi connectivity index (χ1) is 10.3. The Kier molecular flexibility index (Phi) is 5.28. The van der Waals surface area contributed by atoms with Crippen LogP contribution in [0.2, 0.25) is 10.0 Å². The molecule has 8 heteroatoms. The molecule has 0 unspecified atom stereocenters. The minimum atomic E-state index is -3.87. The van der Waals surface area contributed by atoms with Gasteiger partial charge in [0.2, 0.25) is 0 Å². The fraction of sp³-hybridized carbons (Fsp3) is 0.214. The lowest BCUT2D eigenvalue weighted by atomic mass is 10.2. The summed E-state index contributed by atoms with van der Waals surface area (Å²) in [6.07, 6.45) is 0. The van der Waals surface area contributed by atoms with Crippen LogP contribution in [0.3, 0.4) is 0 Å². The number of rotatable bonds is 5. The van der Waals surface area contributed by atoms with Gasteiger partial charge in [0.05, 0.1) is 17.3 Å². The largest absolute Gasteiger partial charge is 0.378 e. The van der Waals surface area contributed by atoms with E-state index in [4.69, 9.17) is 27.9 Å². The van der Waals surface area contributed by atoms with Gasteiger partial charge in [0.15, 0.2) is 0 Å². The molecule has 0 radical (unpaired) electrons. The highest BCUT2D eigenvalue weighted by atomic mass is 35.5. The van der Waals surface area contributed by atoms with Gasteiger partial charge in [-0.3, -0.25) is 4.72 Å². The number of halogens is 2. The number of benzene rings is 1. The normalized spacial score (nSPS) is 11.5. The summed E-state index contributed by atoms with van der Waals surface area (Å²) in [7, 11) is -2.33. The predicted molar refractivity (Wildman–Crippen MR) is 87.0 cm³/mol. The van der Waals surface area contributed by atoms with Crippen molar-refractivity contribution in [1.29, 1.82) is 0 Å². The number of anilines is 1. The molecule has 0 aliphatic heterocycles. The van der Waals surface area contributed by atoms with Crippen molar-refractivity contribution >= 4 is 39.0 Å². The van der Waals surface area contributed by atoms with Crippen molar-refractivity contribution in [2.24, 2.45) is 0 Å². The van der Waals surface area contributed by atoms with Crippen LogP contribution in [0.5, 0.6) is 0 Å². The van der Waals surface area contributed by atoms with Crippen molar-refractivity contribution in [2.45, 2.75) is 18.4 Å². The smallest absolute Gasteiger partial charge is 0.264 e. The number of hydrogen-bond acceptors (Lipinski definition) is 4. The van der Waals surface area contributed by atoms with Crippen LogP contribution in [0.4, 0.5) is 5.82 Å². The second kappa shape index (κ2) is 6.83. The van der Waals surface area contributed by atoms with Gasteiger partial charge in [0.25, 0.3) is 10.0 Å². The van der Waals surface area contributed by atoms with Crippen LogP contribution in [0.1, 0.15) is 11.3 Å². The zero-order valence-corrected chi connectivity index (χ0v) is 14.3. The number of nitrogens with one attached hydrogen (secondary N) is 1. The summed E-state index contributed by atoms with van der Waals surface area (Å²) in [5.41, 5.74) is 1.07. The second-order valence-corrected chi connectivity index (χ2v) is 7.05. The fourth-order valence-electron chi connectivity index (χ4n) is 1.98. The van der Waals surface area contributed by atoms with Gasteiger partial charge < -0.3 is 4.74 Å². The summed E-state index contributed by atoms with van der Waals surface area (Å²) in [5, 5.41) is 0.437. The predicted octanol–water partition coefficient (Wildman–Crippen LogP) is 3.64. The Labute approximate surface area is 139 Å². The van der Waals surface area contributed by atoms with Gasteiger partial charge in [0.1, 0.15) is 10.7 Å². The van der Waals surface area contributed by atoms with Crippen LogP contribution in [0.25, 0.3) is 0 Å². The maximum Gasteiger partial charge on any atom is 0.264 e. The number of sulfonamides is 1. The molecule has 2 aromatic rings. The van der Waals surface area contributed by atoms with E-state index in [1.54, 1.807) is 25.1 Å². The van der Waals surface area contributed by atoms with E-state index in [1.807, 2.05) is 0 Å². The monoisotopic (exact) mass is 360 g/mol. The summed E-state index contributed by atoms with van der Waals surface area (Å²) in [5.74, 6) is 0.194. The van der Waals surface area contributed by atoms with Crippen LogP contribution < -0.4 is 4.72 Å². The molecular weight excluding hydrogens is 347 g/mol. The van der Waals surface area contributed by atoms with Crippen LogP contribution in [0.15, 0.2) is 35.2 Å². The second-order valence-electron chi connectivity index (χ2n) is 4.59. The van der Waals surface area contributed by atoms with Crippen LogP contribution in [-0.2, 0) is 21.4 Å². The van der Waals surface area contributed by atoms with Gasteiger partial charge in [-0.1, -0.05) is 29.3 Å². The molecule has 118 valence electrons. The third kappa shape index (κ3) is 3.89. The number of nitrogens with zero attached hydrogens (tertiary/aromatic N) is 1. The zero-order chi connectivity index (χ0) is 16.3. The summed E-state index contributed by atoms with van der Waals surface area (Å²) in [4.78, 5) is 4.15. The Morgan fingerprint density at radius 2 is 2.00 bits per heavy atom. The topological polar surface area (TPSA) is 68.3 Å². The summed E-state index contributed by atoms with van der Waals surface area (Å²) in [6.45, 7) is 1.91. The molecule has 1 aromatic heterocycles. The molecule has 0 saturated carbocycles. The molecule has 0 aliphatic rings. The lowest BCUT2D eigenvalue weighted by Crippen LogP contribution is -2.16. The Hall–Kier alpha value is -1.34. The van der Waals surface area contributed by atoms with E-state index in [-0.39, 0.29) is 22.3 Å². The molecule has 0 atom stereocenters. The van der Waals surface area contributed by atoms with E-state index < -0.39 is 10.0 Å². The van der Waals surface area contributed by atoms with E-state index in [1.165, 1.54) is 19.2 Å². The van der Waals surface area contributed by atoms with Crippen molar-refractivity contribution in [1.82, 2.24) is 4.98 Å². The first kappa shape index (κ1) is 17.0. The number of aryl methyl sites for hydroxylation is 1. The highest BCUT2D eigenvalue weighted by Gasteiger charge is 2.22. The Balaban J connectivity index is 2.38. The Morgan fingerprint density at radius 1 is 1.27 bits per heavy atom. The molecule has 22 heavy (non-hydrogen) atoms. The molecule has 1 aromatic carbocycles. The van der Waals surface area contributed by atoms with Gasteiger partial charge in [-0.25, -0.2) is 13.4 Å². The van der Waals surface area contributed by atoms with Crippen molar-refractivity contribution < 1.29 is 13.2 Å².